The van der Waals surface area contributed by atoms with Gasteiger partial charge in [0.05, 0.1) is 49.5 Å². The fraction of sp³-hybridized carbons (Fsp3) is 0.441. The number of esters is 1. The number of methoxy groups -OCH3 is 2. The summed E-state index contributed by atoms with van der Waals surface area (Å²) >= 11 is 0. The lowest BCUT2D eigenvalue weighted by molar-refractivity contribution is -0.149. The molecule has 3 heterocycles. The molecule has 8 nitrogen and oxygen atoms in total. The van der Waals surface area contributed by atoms with Crippen LogP contribution in [0.25, 0.3) is 11.1 Å². The van der Waals surface area contributed by atoms with Gasteiger partial charge in [0.15, 0.2) is 0 Å². The summed E-state index contributed by atoms with van der Waals surface area (Å²) in [6.07, 6.45) is -10.9. The molecule has 3 fully saturated rings. The van der Waals surface area contributed by atoms with Gasteiger partial charge >= 0.3 is 24.4 Å². The van der Waals surface area contributed by atoms with E-state index in [9.17, 15) is 35.9 Å². The van der Waals surface area contributed by atoms with Crippen molar-refractivity contribution >= 4 is 17.9 Å². The Bertz CT molecular complexity index is 1740. The highest BCUT2D eigenvalue weighted by atomic mass is 19.4. The highest BCUT2D eigenvalue weighted by molar-refractivity contribution is 5.77. The summed E-state index contributed by atoms with van der Waals surface area (Å²) in [4.78, 5) is 33.2. The number of cyclic esters (lactones) is 1. The van der Waals surface area contributed by atoms with Gasteiger partial charge in [-0.15, -0.1) is 0 Å². The second-order valence-corrected chi connectivity index (χ2v) is 12.5. The van der Waals surface area contributed by atoms with Crippen LogP contribution in [-0.4, -0.2) is 55.3 Å². The summed E-state index contributed by atoms with van der Waals surface area (Å²) < 4.78 is 113. The number of hydrogen-bond donors (Lipinski definition) is 0. The van der Waals surface area contributed by atoms with Gasteiger partial charge in [-0.05, 0) is 79.6 Å². The van der Waals surface area contributed by atoms with Crippen LogP contribution in [0.2, 0.25) is 0 Å². The van der Waals surface area contributed by atoms with Crippen LogP contribution >= 0.6 is 0 Å². The van der Waals surface area contributed by atoms with E-state index in [4.69, 9.17) is 19.2 Å². The molecule has 2 saturated heterocycles. The Morgan fingerprint density at radius 2 is 1.61 bits per heavy atom. The van der Waals surface area contributed by atoms with Crippen molar-refractivity contribution in [2.24, 2.45) is 5.92 Å². The normalized spacial score (nSPS) is 22.4. The van der Waals surface area contributed by atoms with Crippen LogP contribution in [-0.2, 0) is 33.2 Å². The molecule has 2 aliphatic heterocycles. The number of benzene rings is 2. The number of aromatic nitrogens is 1. The highest BCUT2D eigenvalue weighted by Crippen LogP contribution is 2.47. The number of hydrogen-bond acceptors (Lipinski definition) is 7. The summed E-state index contributed by atoms with van der Waals surface area (Å²) in [7, 11) is 2.66. The van der Waals surface area contributed by atoms with Gasteiger partial charge in [0.2, 0.25) is 0 Å². The average molecular weight is 696 g/mol. The second kappa shape index (κ2) is 12.7. The molecule has 0 unspecified atom stereocenters. The maximum absolute atomic E-state index is 15.3. The quantitative estimate of drug-likeness (QED) is 0.175. The Labute approximate surface area is 276 Å². The van der Waals surface area contributed by atoms with Crippen molar-refractivity contribution < 1.29 is 54.5 Å². The molecule has 0 radical (unpaired) electrons. The van der Waals surface area contributed by atoms with Crippen molar-refractivity contribution in [3.05, 3.63) is 76.2 Å². The van der Waals surface area contributed by atoms with Crippen LogP contribution < -0.4 is 9.64 Å². The van der Waals surface area contributed by atoms with E-state index in [2.05, 4.69) is 0 Å². The topological polar surface area (TPSA) is 81.2 Å². The van der Waals surface area contributed by atoms with Crippen molar-refractivity contribution in [2.45, 2.75) is 63.1 Å². The van der Waals surface area contributed by atoms with Gasteiger partial charge in [-0.1, -0.05) is 0 Å². The first-order valence-corrected chi connectivity index (χ1v) is 15.6. The smallest absolute Gasteiger partial charge is 0.416 e. The Hall–Kier alpha value is -4.56. The molecular formula is C34H32F7N3O5. The van der Waals surface area contributed by atoms with Crippen molar-refractivity contribution in [3.63, 3.8) is 0 Å². The maximum Gasteiger partial charge on any atom is 0.416 e. The lowest BCUT2D eigenvalue weighted by Crippen LogP contribution is -2.38. The van der Waals surface area contributed by atoms with Gasteiger partial charge in [-0.2, -0.15) is 26.3 Å². The van der Waals surface area contributed by atoms with Crippen LogP contribution in [0, 0.1) is 11.7 Å². The predicted octanol–water partition coefficient (Wildman–Crippen LogP) is 7.89. The van der Waals surface area contributed by atoms with Crippen LogP contribution in [0.5, 0.6) is 5.75 Å². The molecule has 1 amide bonds. The third kappa shape index (κ3) is 6.58. The largest absolute Gasteiger partial charge is 0.496 e. The number of rotatable bonds is 8. The first-order valence-electron chi connectivity index (χ1n) is 15.6. The van der Waals surface area contributed by atoms with E-state index < -0.39 is 53.1 Å². The van der Waals surface area contributed by atoms with E-state index >= 15 is 4.39 Å². The molecule has 0 bridgehead atoms. The number of halogens is 7. The van der Waals surface area contributed by atoms with Crippen LogP contribution in [0.1, 0.15) is 66.2 Å². The minimum atomic E-state index is -5.08. The number of anilines is 1. The summed E-state index contributed by atoms with van der Waals surface area (Å²) in [6, 6.07) is 6.49. The maximum atomic E-state index is 15.3. The molecule has 6 rings (SSSR count). The molecule has 1 aliphatic carbocycles. The van der Waals surface area contributed by atoms with E-state index in [-0.39, 0.29) is 36.2 Å². The number of nitrogens with zero attached hydrogens (tertiary/aromatic N) is 3. The summed E-state index contributed by atoms with van der Waals surface area (Å²) in [5, 5.41) is 0. The van der Waals surface area contributed by atoms with Gasteiger partial charge in [0, 0.05) is 30.3 Å². The number of carbonyl (C=O) groups is 2. The van der Waals surface area contributed by atoms with E-state index in [0.29, 0.717) is 53.2 Å². The minimum Gasteiger partial charge on any atom is -0.496 e. The predicted molar refractivity (Wildman–Crippen MR) is 161 cm³/mol. The van der Waals surface area contributed by atoms with Gasteiger partial charge in [0.25, 0.3) is 0 Å². The molecule has 0 N–H and O–H groups in total. The molecule has 3 aromatic rings. The number of alkyl halides is 6. The standard InChI is InChI=1S/C34H32F7N3O5/c1-17-30(19-11-21(33(36,37)38)13-22(12-19)34(39,40)41)49-32(46)44(17)16-27-23(5-6-29(42-27)43-7-4-8-43)25-14-24(26(35)15-28(25)47-2)18-9-20(10-18)31(45)48-3/h5-6,11-15,17-18,20,30H,4,7-10,16H2,1-3H3/t17-,18-,20+,30-/m0/s1. The molecular weight excluding hydrogens is 663 g/mol. The minimum absolute atomic E-state index is 0.0176. The molecule has 2 aromatic carbocycles. The second-order valence-electron chi connectivity index (χ2n) is 12.5. The summed E-state index contributed by atoms with van der Waals surface area (Å²) in [6.45, 7) is 2.70. The number of amides is 1. The number of ether oxygens (including phenoxy) is 3. The molecule has 15 heteroatoms. The first-order chi connectivity index (χ1) is 23.1. The van der Waals surface area contributed by atoms with E-state index in [1.807, 2.05) is 4.90 Å². The summed E-state index contributed by atoms with van der Waals surface area (Å²) in [5.74, 6) is -0.761. The fourth-order valence-corrected chi connectivity index (χ4v) is 6.54. The number of pyridine rings is 1. The highest BCUT2D eigenvalue weighted by Gasteiger charge is 2.44. The Kier molecular flexibility index (Phi) is 8.90. The van der Waals surface area contributed by atoms with Gasteiger partial charge < -0.3 is 19.1 Å². The zero-order chi connectivity index (χ0) is 35.4. The molecule has 49 heavy (non-hydrogen) atoms. The van der Waals surface area contributed by atoms with Gasteiger partial charge in [-0.3, -0.25) is 9.69 Å². The lowest BCUT2D eigenvalue weighted by Gasteiger charge is -2.34. The average Bonchev–Trinajstić information content (AvgIpc) is 3.27. The lowest BCUT2D eigenvalue weighted by atomic mass is 9.71. The van der Waals surface area contributed by atoms with Gasteiger partial charge in [-0.25, -0.2) is 14.2 Å². The molecule has 3 aliphatic rings. The Morgan fingerprint density at radius 1 is 0.959 bits per heavy atom. The molecule has 1 aromatic heterocycles. The van der Waals surface area contributed by atoms with E-state index in [1.165, 1.54) is 32.1 Å². The Morgan fingerprint density at radius 3 is 2.16 bits per heavy atom. The van der Waals surface area contributed by atoms with E-state index in [0.717, 1.165) is 19.5 Å². The van der Waals surface area contributed by atoms with Crippen molar-refractivity contribution in [2.75, 3.05) is 32.2 Å². The SMILES string of the molecule is COc1cc(F)c([C@H]2C[C@@H](C(=O)OC)C2)cc1-c1ccc(N2CCC2)nc1CN1C(=O)O[C@H](c2cc(C(F)(F)F)cc(C(F)(F)F)c2)[C@@H]1C. The van der Waals surface area contributed by atoms with Crippen LogP contribution in [0.3, 0.4) is 0 Å². The van der Waals surface area contributed by atoms with Crippen molar-refractivity contribution in [1.29, 1.82) is 0 Å². The fourth-order valence-electron chi connectivity index (χ4n) is 6.54. The monoisotopic (exact) mass is 695 g/mol. The summed E-state index contributed by atoms with van der Waals surface area (Å²) in [5.41, 5.74) is -1.90. The van der Waals surface area contributed by atoms with Crippen LogP contribution in [0.4, 0.5) is 41.3 Å². The third-order valence-electron chi connectivity index (χ3n) is 9.51. The number of carbonyl (C=O) groups excluding carboxylic acids is 2. The molecule has 262 valence electrons. The molecule has 1 saturated carbocycles. The zero-order valence-electron chi connectivity index (χ0n) is 26.6. The van der Waals surface area contributed by atoms with Crippen molar-refractivity contribution in [3.8, 4) is 16.9 Å². The third-order valence-corrected chi connectivity index (χ3v) is 9.51. The molecule has 2 atom stereocenters. The molecule has 0 spiro atoms. The zero-order valence-corrected chi connectivity index (χ0v) is 26.6. The Balaban J connectivity index is 1.37. The first kappa shape index (κ1) is 34.3. The van der Waals surface area contributed by atoms with Crippen LogP contribution in [0.15, 0.2) is 42.5 Å². The van der Waals surface area contributed by atoms with Gasteiger partial charge in [0.1, 0.15) is 23.5 Å². The van der Waals surface area contributed by atoms with Crippen molar-refractivity contribution in [1.82, 2.24) is 9.88 Å². The van der Waals surface area contributed by atoms with E-state index in [1.54, 1.807) is 18.2 Å².